The van der Waals surface area contributed by atoms with Crippen LogP contribution < -0.4 is 20.3 Å². The van der Waals surface area contributed by atoms with E-state index in [0.717, 1.165) is 9.95 Å². The molecule has 0 saturated carbocycles. The van der Waals surface area contributed by atoms with Gasteiger partial charge in [-0.15, -0.1) is 0 Å². The van der Waals surface area contributed by atoms with Crippen molar-refractivity contribution in [1.82, 2.24) is 14.5 Å². The average molecular weight is 532 g/mol. The highest BCUT2D eigenvalue weighted by atomic mass is 19.4. The Hall–Kier alpha value is -5.19. The second kappa shape index (κ2) is 10.3. The topological polar surface area (TPSA) is 95.3 Å². The first-order valence-corrected chi connectivity index (χ1v) is 11.5. The number of nitrogens with one attached hydrogen (secondary N) is 1. The summed E-state index contributed by atoms with van der Waals surface area (Å²) in [4.78, 5) is 34.3. The van der Waals surface area contributed by atoms with Crippen LogP contribution in [0.5, 0.6) is 17.2 Å². The minimum absolute atomic E-state index is 0.0137. The van der Waals surface area contributed by atoms with E-state index in [-0.39, 0.29) is 11.5 Å². The number of nitrogens with zero attached hydrogens (tertiary/aromatic N) is 3. The van der Waals surface area contributed by atoms with Gasteiger partial charge in [-0.25, -0.2) is 4.98 Å². The van der Waals surface area contributed by atoms with Crippen LogP contribution in [0.4, 0.5) is 19.0 Å². The molecule has 0 atom stereocenters. The van der Waals surface area contributed by atoms with Gasteiger partial charge in [0.05, 0.1) is 24.4 Å². The van der Waals surface area contributed by atoms with Gasteiger partial charge in [-0.3, -0.25) is 19.1 Å². The number of alkyl halides is 3. The fourth-order valence-electron chi connectivity index (χ4n) is 3.82. The summed E-state index contributed by atoms with van der Waals surface area (Å²) < 4.78 is 52.6. The van der Waals surface area contributed by atoms with Gasteiger partial charge in [0.25, 0.3) is 11.5 Å². The molecular weight excluding hydrogens is 513 g/mol. The molecule has 2 aromatic carbocycles. The predicted octanol–water partition coefficient (Wildman–Crippen LogP) is 5.85. The van der Waals surface area contributed by atoms with Crippen molar-refractivity contribution in [3.63, 3.8) is 0 Å². The van der Waals surface area contributed by atoms with Crippen LogP contribution in [0.3, 0.4) is 0 Å². The van der Waals surface area contributed by atoms with Gasteiger partial charge < -0.3 is 14.8 Å². The molecule has 5 aromatic rings. The Kier molecular flexibility index (Phi) is 6.72. The number of anilines is 1. The lowest BCUT2D eigenvalue weighted by Crippen LogP contribution is -2.30. The Labute approximate surface area is 219 Å². The first-order valence-electron chi connectivity index (χ1n) is 11.5. The number of methoxy groups -OCH3 is 1. The highest BCUT2D eigenvalue weighted by molar-refractivity contribution is 6.03. The molecule has 3 aromatic heterocycles. The smallest absolute Gasteiger partial charge is 0.417 e. The SMILES string of the molecule is COc1ccc2c(Oc3ccc(NC(=O)c4cc(C(F)(F)F)cn(-c5ccccc5)c4=O)nc3)ccnc2c1. The Morgan fingerprint density at radius 2 is 1.72 bits per heavy atom. The first-order chi connectivity index (χ1) is 18.7. The number of halogens is 3. The van der Waals surface area contributed by atoms with Gasteiger partial charge in [-0.2, -0.15) is 13.2 Å². The Balaban J connectivity index is 1.39. The number of ether oxygens (including phenoxy) is 2. The second-order valence-electron chi connectivity index (χ2n) is 8.28. The molecule has 0 fully saturated rings. The summed E-state index contributed by atoms with van der Waals surface area (Å²) in [5, 5.41) is 3.11. The van der Waals surface area contributed by atoms with Gasteiger partial charge >= 0.3 is 6.18 Å². The molecule has 0 spiro atoms. The Morgan fingerprint density at radius 3 is 2.41 bits per heavy atom. The van der Waals surface area contributed by atoms with E-state index in [1.807, 2.05) is 0 Å². The van der Waals surface area contributed by atoms with E-state index in [2.05, 4.69) is 15.3 Å². The van der Waals surface area contributed by atoms with Crippen LogP contribution in [0.15, 0.2) is 96.2 Å². The van der Waals surface area contributed by atoms with E-state index >= 15 is 0 Å². The highest BCUT2D eigenvalue weighted by Crippen LogP contribution is 2.31. The minimum Gasteiger partial charge on any atom is -0.497 e. The number of carbonyl (C=O) groups excluding carboxylic acids is 1. The molecule has 0 aliphatic rings. The number of carbonyl (C=O) groups is 1. The molecule has 1 amide bonds. The molecule has 0 saturated heterocycles. The maximum absolute atomic E-state index is 13.6. The summed E-state index contributed by atoms with van der Waals surface area (Å²) in [5.41, 5.74) is -1.90. The predicted molar refractivity (Wildman–Crippen MR) is 138 cm³/mol. The monoisotopic (exact) mass is 532 g/mol. The number of rotatable bonds is 6. The Bertz CT molecular complexity index is 1720. The summed E-state index contributed by atoms with van der Waals surface area (Å²) in [6.07, 6.45) is -1.20. The van der Waals surface area contributed by atoms with Crippen molar-refractivity contribution in [3.8, 4) is 22.9 Å². The molecule has 0 aliphatic heterocycles. The molecule has 0 radical (unpaired) electrons. The quantitative estimate of drug-likeness (QED) is 0.295. The van der Waals surface area contributed by atoms with Gasteiger partial charge in [0.2, 0.25) is 0 Å². The maximum atomic E-state index is 13.6. The number of amides is 1. The zero-order valence-corrected chi connectivity index (χ0v) is 20.3. The van der Waals surface area contributed by atoms with Gasteiger partial charge in [0, 0.05) is 29.5 Å². The van der Waals surface area contributed by atoms with Gasteiger partial charge in [-0.05, 0) is 48.5 Å². The largest absolute Gasteiger partial charge is 0.497 e. The van der Waals surface area contributed by atoms with Crippen molar-refractivity contribution in [3.05, 3.63) is 113 Å². The van der Waals surface area contributed by atoms with Crippen LogP contribution in [-0.4, -0.2) is 27.6 Å². The average Bonchev–Trinajstić information content (AvgIpc) is 2.94. The standard InChI is InChI=1S/C28H19F3N4O4/c1-38-19-7-9-21-23(14-19)32-12-11-24(21)39-20-8-10-25(33-15-20)34-26(36)22-13-17(28(29,30)31)16-35(27(22)37)18-5-3-2-4-6-18/h2-16H,1H3,(H,33,34,36). The number of pyridine rings is 3. The lowest BCUT2D eigenvalue weighted by atomic mass is 10.1. The molecule has 0 aliphatic carbocycles. The number of para-hydroxylation sites is 1. The van der Waals surface area contributed by atoms with Crippen LogP contribution in [0.2, 0.25) is 0 Å². The van der Waals surface area contributed by atoms with Gasteiger partial charge in [-0.1, -0.05) is 18.2 Å². The van der Waals surface area contributed by atoms with E-state index in [1.165, 1.54) is 30.5 Å². The number of hydrogen-bond donors (Lipinski definition) is 1. The van der Waals surface area contributed by atoms with Crippen molar-refractivity contribution in [1.29, 1.82) is 0 Å². The van der Waals surface area contributed by atoms with Crippen molar-refractivity contribution in [2.24, 2.45) is 0 Å². The van der Waals surface area contributed by atoms with E-state index in [1.54, 1.807) is 55.8 Å². The summed E-state index contributed by atoms with van der Waals surface area (Å²) in [6.45, 7) is 0. The van der Waals surface area contributed by atoms with E-state index in [4.69, 9.17) is 9.47 Å². The molecule has 5 rings (SSSR count). The molecule has 0 bridgehead atoms. The van der Waals surface area contributed by atoms with Crippen LogP contribution in [0.25, 0.3) is 16.6 Å². The maximum Gasteiger partial charge on any atom is 0.417 e. The number of benzene rings is 2. The minimum atomic E-state index is -4.78. The molecule has 39 heavy (non-hydrogen) atoms. The summed E-state index contributed by atoms with van der Waals surface area (Å²) in [7, 11) is 1.56. The zero-order valence-electron chi connectivity index (χ0n) is 20.3. The lowest BCUT2D eigenvalue weighted by Gasteiger charge is -2.14. The lowest BCUT2D eigenvalue weighted by molar-refractivity contribution is -0.138. The summed E-state index contributed by atoms with van der Waals surface area (Å²) >= 11 is 0. The van der Waals surface area contributed by atoms with E-state index < -0.39 is 28.8 Å². The molecule has 0 unspecified atom stereocenters. The van der Waals surface area contributed by atoms with Crippen LogP contribution in [0.1, 0.15) is 15.9 Å². The summed E-state index contributed by atoms with van der Waals surface area (Å²) in [5.74, 6) is 0.462. The second-order valence-corrected chi connectivity index (χ2v) is 8.28. The molecule has 11 heteroatoms. The molecular formula is C28H19F3N4O4. The van der Waals surface area contributed by atoms with Crippen molar-refractivity contribution < 1.29 is 27.4 Å². The number of aromatic nitrogens is 3. The normalized spacial score (nSPS) is 11.3. The highest BCUT2D eigenvalue weighted by Gasteiger charge is 2.33. The third kappa shape index (κ3) is 5.42. The van der Waals surface area contributed by atoms with Crippen molar-refractivity contribution >= 4 is 22.6 Å². The molecule has 1 N–H and O–H groups in total. The van der Waals surface area contributed by atoms with Crippen LogP contribution in [0, 0.1) is 0 Å². The fraction of sp³-hybridized carbons (Fsp3) is 0.0714. The van der Waals surface area contributed by atoms with E-state index in [9.17, 15) is 22.8 Å². The third-order valence-corrected chi connectivity index (χ3v) is 5.74. The molecule has 8 nitrogen and oxygen atoms in total. The fourth-order valence-corrected chi connectivity index (χ4v) is 3.82. The van der Waals surface area contributed by atoms with Crippen LogP contribution in [-0.2, 0) is 6.18 Å². The third-order valence-electron chi connectivity index (χ3n) is 5.74. The first kappa shape index (κ1) is 25.5. The molecule has 3 heterocycles. The number of fused-ring (bicyclic) bond motifs is 1. The zero-order chi connectivity index (χ0) is 27.6. The van der Waals surface area contributed by atoms with Gasteiger partial charge in [0.1, 0.15) is 28.6 Å². The van der Waals surface area contributed by atoms with Crippen molar-refractivity contribution in [2.45, 2.75) is 6.18 Å². The van der Waals surface area contributed by atoms with Gasteiger partial charge in [0.15, 0.2) is 0 Å². The van der Waals surface area contributed by atoms with Crippen LogP contribution >= 0.6 is 0 Å². The summed E-state index contributed by atoms with van der Waals surface area (Å²) in [6, 6.07) is 18.2. The number of hydrogen-bond acceptors (Lipinski definition) is 6. The van der Waals surface area contributed by atoms with E-state index in [0.29, 0.717) is 35.0 Å². The van der Waals surface area contributed by atoms with Crippen molar-refractivity contribution in [2.75, 3.05) is 12.4 Å². The Morgan fingerprint density at radius 1 is 0.949 bits per heavy atom. The molecule has 196 valence electrons.